The molecule has 0 saturated carbocycles. The summed E-state index contributed by atoms with van der Waals surface area (Å²) >= 11 is 10.9. The Morgan fingerprint density at radius 2 is 0.917 bits per heavy atom. The van der Waals surface area contributed by atoms with Gasteiger partial charge in [-0.15, -0.1) is 25.6 Å². The monoisotopic (exact) mass is 1420 g/mol. The lowest BCUT2D eigenvalue weighted by Crippen LogP contribution is -2.21. The number of sulfonamides is 5. The molecule has 72 heavy (non-hydrogen) atoms. The number of halogens is 17. The van der Waals surface area contributed by atoms with Gasteiger partial charge in [0.15, 0.2) is 22.3 Å². The second kappa shape index (κ2) is 26.5. The van der Waals surface area contributed by atoms with Crippen LogP contribution in [-0.2, 0) is 62.8 Å². The Labute approximate surface area is 439 Å². The average molecular weight is 1430 g/mol. The molecule has 0 heterocycles. The average Bonchev–Trinajstić information content (AvgIpc) is 3.16. The van der Waals surface area contributed by atoms with Crippen molar-refractivity contribution in [2.24, 2.45) is 31.4 Å². The van der Waals surface area contributed by atoms with Gasteiger partial charge in [0.25, 0.3) is 0 Å². The maximum Gasteiger partial charge on any atom is 0.573 e. The summed E-state index contributed by atoms with van der Waals surface area (Å²) in [4.78, 5) is -3.88. The largest absolute Gasteiger partial charge is 0.573 e. The minimum atomic E-state index is -4.99. The summed E-state index contributed by atoms with van der Waals surface area (Å²) in [6, 6.07) is 10.4. The lowest BCUT2D eigenvalue weighted by atomic mass is 10.2. The number of benzene rings is 5. The van der Waals surface area contributed by atoms with E-state index >= 15 is 0 Å². The normalized spacial score (nSPS) is 12.0. The van der Waals surface area contributed by atoms with Gasteiger partial charge in [0.2, 0.25) is 50.1 Å². The number of hydrogen-bond acceptors (Lipinski definition) is 12. The Balaban J connectivity index is 0.000000874. The smallest absolute Gasteiger partial charge is 0.404 e. The molecule has 0 aliphatic rings. The van der Waals surface area contributed by atoms with Crippen LogP contribution in [0.25, 0.3) is 0 Å². The molecule has 39 heteroatoms. The van der Waals surface area contributed by atoms with Gasteiger partial charge in [-0.25, -0.2) is 94.1 Å². The fourth-order valence-electron chi connectivity index (χ4n) is 4.25. The Hall–Kier alpha value is -3.22. The number of rotatable bonds is 7. The van der Waals surface area contributed by atoms with Crippen molar-refractivity contribution in [2.45, 2.75) is 43.6 Å². The Bertz CT molecular complexity index is 3330. The van der Waals surface area contributed by atoms with E-state index in [0.717, 1.165) is 48.5 Å². The summed E-state index contributed by atoms with van der Waals surface area (Å²) in [6.45, 7) is -0.0846. The first-order chi connectivity index (χ1) is 31.7. The number of hydrogen-bond donors (Lipinski definition) is 6. The minimum absolute atomic E-state index is 0. The van der Waals surface area contributed by atoms with Crippen LogP contribution in [-0.4, -0.2) is 48.5 Å². The standard InChI is InChI=1S/C7H5BrF3NO3S.C7H5BrF3NO2S.C7H8F2N2O2S.2C6H4BrF2NO2S.ClH/c8-4-1-2-6(16(12,13)14)5(3-4)15-7(9,10)11;8-6-2-1-4(15(12,13)14)3-5(6)7(9,10)11;8-5-1-4(3-10)2-6(9)7(5)14(11,12)13;7-6-4(8)1-3(2-5(6)9)13(10,11)12;7-3-1-2-4(13(10,11)12)6(9)5(3)8;/h1-3H,(H2,12,13,14);1-3H,(H2,12,13,14);1-2H,3,10H2,(H2,11,12,13);2*1-2H,(H2,10,11,12);1H. The second-order valence-corrected chi connectivity index (χ2v) is 23.6. The SMILES string of the molecule is Cl.NCc1cc(F)c(S(N)(=O)=O)c(F)c1.NS(=O)(=O)c1cc(F)c(Br)c(F)c1.NS(=O)(=O)c1ccc(Br)c(C(F)(F)F)c1.NS(=O)(=O)c1ccc(Br)c(F)c1F.NS(=O)(=O)c1ccc(Br)cc1OC(F)(F)F. The van der Waals surface area contributed by atoms with Gasteiger partial charge in [0, 0.05) is 15.5 Å². The molecule has 5 rings (SSSR count). The van der Waals surface area contributed by atoms with Crippen molar-refractivity contribution >= 4 is 126 Å². The molecule has 0 aliphatic heterocycles. The van der Waals surface area contributed by atoms with Gasteiger partial charge in [-0.3, -0.25) is 0 Å². The molecule has 5 aromatic carbocycles. The summed E-state index contributed by atoms with van der Waals surface area (Å²) in [5.41, 5.74) is 4.22. The van der Waals surface area contributed by atoms with Crippen molar-refractivity contribution < 1.29 is 99.5 Å². The summed E-state index contributed by atoms with van der Waals surface area (Å²) in [5, 5.41) is 23.4. The molecule has 5 aromatic rings. The molecule has 0 spiro atoms. The van der Waals surface area contributed by atoms with E-state index in [1.165, 1.54) is 6.07 Å². The van der Waals surface area contributed by atoms with E-state index in [2.05, 4.69) is 83.9 Å². The topological polar surface area (TPSA) is 336 Å². The van der Waals surface area contributed by atoms with Gasteiger partial charge in [-0.1, -0.05) is 31.9 Å². The number of nitrogens with two attached hydrogens (primary N) is 6. The van der Waals surface area contributed by atoms with E-state index in [1.54, 1.807) is 0 Å². The highest BCUT2D eigenvalue weighted by atomic mass is 79.9. The van der Waals surface area contributed by atoms with Crippen LogP contribution in [0.2, 0.25) is 0 Å². The van der Waals surface area contributed by atoms with Crippen LogP contribution in [0.1, 0.15) is 11.1 Å². The molecule has 0 aromatic heterocycles. The second-order valence-electron chi connectivity index (χ2n) is 12.5. The predicted octanol–water partition coefficient (Wildman–Crippen LogP) is 7.35. The first kappa shape index (κ1) is 68.8. The van der Waals surface area contributed by atoms with Gasteiger partial charge < -0.3 is 10.5 Å². The first-order valence-electron chi connectivity index (χ1n) is 16.8. The van der Waals surface area contributed by atoms with Crippen LogP contribution in [0.5, 0.6) is 5.75 Å². The van der Waals surface area contributed by atoms with E-state index in [9.17, 15) is 94.8 Å². The van der Waals surface area contributed by atoms with Crippen LogP contribution in [0, 0.1) is 34.9 Å². The maximum absolute atomic E-state index is 13.0. The number of ether oxygens (including phenoxy) is 1. The Morgan fingerprint density at radius 1 is 0.486 bits per heavy atom. The lowest BCUT2D eigenvalue weighted by molar-refractivity contribution is -0.275. The number of primary sulfonamides is 5. The molecule has 17 nitrogen and oxygen atoms in total. The Kier molecular flexibility index (Phi) is 25.3. The van der Waals surface area contributed by atoms with Crippen LogP contribution in [0.15, 0.2) is 115 Å². The highest BCUT2D eigenvalue weighted by Gasteiger charge is 2.35. The van der Waals surface area contributed by atoms with Gasteiger partial charge in [-0.05, 0) is 110 Å². The van der Waals surface area contributed by atoms with E-state index in [0.29, 0.717) is 18.2 Å². The molecule has 0 unspecified atom stereocenters. The molecule has 404 valence electrons. The molecule has 12 N–H and O–H groups in total. The minimum Gasteiger partial charge on any atom is -0.404 e. The molecule has 0 radical (unpaired) electrons. The van der Waals surface area contributed by atoms with E-state index in [1.807, 2.05) is 0 Å². The molecule has 0 fully saturated rings. The van der Waals surface area contributed by atoms with Crippen molar-refractivity contribution in [1.82, 2.24) is 0 Å². The van der Waals surface area contributed by atoms with Gasteiger partial charge in [-0.2, -0.15) is 13.2 Å². The molecular weight excluding hydrogens is 1400 g/mol. The maximum atomic E-state index is 13.0. The number of alkyl halides is 6. The molecular formula is C33H27Br4ClF12N6O11S5. The zero-order valence-electron chi connectivity index (χ0n) is 34.1. The van der Waals surface area contributed by atoms with Gasteiger partial charge in [0.1, 0.15) is 33.1 Å². The zero-order valence-corrected chi connectivity index (χ0v) is 45.3. The van der Waals surface area contributed by atoms with Crippen LogP contribution < -0.4 is 36.2 Å². The van der Waals surface area contributed by atoms with E-state index in [4.69, 9.17) is 16.0 Å². The highest BCUT2D eigenvalue weighted by Crippen LogP contribution is 2.36. The molecule has 0 aliphatic carbocycles. The quantitative estimate of drug-likeness (QED) is 0.0688. The zero-order chi connectivity index (χ0) is 55.8. The fourth-order valence-corrected chi connectivity index (χ4v) is 8.57. The third-order valence-electron chi connectivity index (χ3n) is 7.18. The van der Waals surface area contributed by atoms with E-state index in [-0.39, 0.29) is 37.9 Å². The third-order valence-corrected chi connectivity index (χ3v) is 14.4. The third kappa shape index (κ3) is 21.9. The van der Waals surface area contributed by atoms with Gasteiger partial charge in [0.05, 0.1) is 24.3 Å². The summed E-state index contributed by atoms with van der Waals surface area (Å²) < 4.78 is 261. The van der Waals surface area contributed by atoms with Gasteiger partial charge >= 0.3 is 12.5 Å². The molecule has 0 saturated heterocycles. The lowest BCUT2D eigenvalue weighted by Gasteiger charge is -2.12. The van der Waals surface area contributed by atoms with Crippen molar-refractivity contribution in [1.29, 1.82) is 0 Å². The first-order valence-corrected chi connectivity index (χ1v) is 27.7. The van der Waals surface area contributed by atoms with Crippen molar-refractivity contribution in [2.75, 3.05) is 0 Å². The van der Waals surface area contributed by atoms with E-state index < -0.39 is 138 Å². The highest BCUT2D eigenvalue weighted by molar-refractivity contribution is 9.11. The molecule has 0 amide bonds. The summed E-state index contributed by atoms with van der Waals surface area (Å²) in [6.07, 6.45) is -9.61. The predicted molar refractivity (Wildman–Crippen MR) is 246 cm³/mol. The van der Waals surface area contributed by atoms with Crippen LogP contribution >= 0.6 is 76.1 Å². The van der Waals surface area contributed by atoms with Crippen molar-refractivity contribution in [3.05, 3.63) is 137 Å². The van der Waals surface area contributed by atoms with Crippen LogP contribution in [0.3, 0.4) is 0 Å². The van der Waals surface area contributed by atoms with Crippen LogP contribution in [0.4, 0.5) is 52.7 Å². The fraction of sp³-hybridized carbons (Fsp3) is 0.0909. The van der Waals surface area contributed by atoms with Crippen molar-refractivity contribution in [3.8, 4) is 5.75 Å². The Morgan fingerprint density at radius 3 is 1.29 bits per heavy atom. The molecule has 0 atom stereocenters. The summed E-state index contributed by atoms with van der Waals surface area (Å²) in [7, 11) is -21.0. The van der Waals surface area contributed by atoms with Crippen molar-refractivity contribution in [3.63, 3.8) is 0 Å². The summed E-state index contributed by atoms with van der Waals surface area (Å²) in [5.74, 6) is -8.10. The molecule has 0 bridgehead atoms.